The average Bonchev–Trinajstić information content (AvgIpc) is 2.47. The SMILES string of the molecule is CC#CC/C=C(\C)CCCC(C)CCCC(C)CCCC(C)C. The van der Waals surface area contributed by atoms with Crippen LogP contribution < -0.4 is 0 Å². The first kappa shape index (κ1) is 22.3. The van der Waals surface area contributed by atoms with E-state index in [1.807, 2.05) is 6.92 Å². The molecule has 0 saturated carbocycles. The van der Waals surface area contributed by atoms with Crippen LogP contribution in [0, 0.1) is 29.6 Å². The average molecular weight is 319 g/mol. The monoisotopic (exact) mass is 318 g/mol. The van der Waals surface area contributed by atoms with E-state index in [1.165, 1.54) is 63.4 Å². The van der Waals surface area contributed by atoms with Crippen molar-refractivity contribution < 1.29 is 0 Å². The fourth-order valence-corrected chi connectivity index (χ4v) is 3.14. The Labute approximate surface area is 147 Å². The minimum Gasteiger partial charge on any atom is -0.106 e. The maximum Gasteiger partial charge on any atom is 0.0272 e. The fourth-order valence-electron chi connectivity index (χ4n) is 3.14. The summed E-state index contributed by atoms with van der Waals surface area (Å²) in [6, 6.07) is 0. The lowest BCUT2D eigenvalue weighted by Gasteiger charge is -2.15. The van der Waals surface area contributed by atoms with Gasteiger partial charge in [-0.2, -0.15) is 0 Å². The molecule has 0 spiro atoms. The largest absolute Gasteiger partial charge is 0.106 e. The molecule has 0 bridgehead atoms. The predicted octanol–water partition coefficient (Wildman–Crippen LogP) is 7.79. The Kier molecular flexibility index (Phi) is 14.4. The van der Waals surface area contributed by atoms with Crippen molar-refractivity contribution in [2.45, 2.75) is 106 Å². The van der Waals surface area contributed by atoms with Gasteiger partial charge in [-0.3, -0.25) is 0 Å². The zero-order valence-electron chi connectivity index (χ0n) is 16.9. The van der Waals surface area contributed by atoms with Crippen molar-refractivity contribution >= 4 is 0 Å². The molecule has 2 unspecified atom stereocenters. The van der Waals surface area contributed by atoms with Gasteiger partial charge in [0.1, 0.15) is 0 Å². The van der Waals surface area contributed by atoms with Gasteiger partial charge in [-0.25, -0.2) is 0 Å². The van der Waals surface area contributed by atoms with E-state index in [4.69, 9.17) is 0 Å². The molecule has 0 rings (SSSR count). The molecule has 0 aliphatic carbocycles. The lowest BCUT2D eigenvalue weighted by molar-refractivity contribution is 0.389. The van der Waals surface area contributed by atoms with Crippen molar-refractivity contribution in [3.05, 3.63) is 11.6 Å². The third-order valence-corrected chi connectivity index (χ3v) is 4.87. The molecule has 0 amide bonds. The Morgan fingerprint density at radius 1 is 0.826 bits per heavy atom. The summed E-state index contributed by atoms with van der Waals surface area (Å²) in [4.78, 5) is 0. The third-order valence-electron chi connectivity index (χ3n) is 4.87. The molecule has 0 fully saturated rings. The van der Waals surface area contributed by atoms with Crippen molar-refractivity contribution in [3.8, 4) is 11.8 Å². The molecule has 0 aromatic rings. The lowest BCUT2D eigenvalue weighted by Crippen LogP contribution is -2.00. The molecule has 0 heteroatoms. The van der Waals surface area contributed by atoms with Crippen LogP contribution in [0.5, 0.6) is 0 Å². The van der Waals surface area contributed by atoms with Crippen molar-refractivity contribution in [1.82, 2.24) is 0 Å². The second-order valence-corrected chi connectivity index (χ2v) is 8.04. The first-order valence-corrected chi connectivity index (χ1v) is 10.0. The molecule has 134 valence electrons. The van der Waals surface area contributed by atoms with E-state index in [9.17, 15) is 0 Å². The van der Waals surface area contributed by atoms with Gasteiger partial charge in [0.15, 0.2) is 0 Å². The number of hydrogen-bond acceptors (Lipinski definition) is 0. The smallest absolute Gasteiger partial charge is 0.0272 e. The topological polar surface area (TPSA) is 0 Å². The summed E-state index contributed by atoms with van der Waals surface area (Å²) >= 11 is 0. The van der Waals surface area contributed by atoms with Gasteiger partial charge in [-0.05, 0) is 44.4 Å². The second kappa shape index (κ2) is 14.9. The molecule has 23 heavy (non-hydrogen) atoms. The summed E-state index contributed by atoms with van der Waals surface area (Å²) in [5.41, 5.74) is 1.51. The summed E-state index contributed by atoms with van der Waals surface area (Å²) in [5, 5.41) is 0. The van der Waals surface area contributed by atoms with Crippen LogP contribution in [-0.2, 0) is 0 Å². The van der Waals surface area contributed by atoms with Crippen molar-refractivity contribution in [2.75, 3.05) is 0 Å². The molecular formula is C23H42. The van der Waals surface area contributed by atoms with Crippen LogP contribution in [0.1, 0.15) is 106 Å². The quantitative estimate of drug-likeness (QED) is 0.240. The molecule has 0 aromatic carbocycles. The number of rotatable bonds is 13. The molecule has 0 aliphatic heterocycles. The summed E-state index contributed by atoms with van der Waals surface area (Å²) in [6.45, 7) is 13.7. The first-order chi connectivity index (χ1) is 11.0. The van der Waals surface area contributed by atoms with E-state index in [2.05, 4.69) is 52.5 Å². The first-order valence-electron chi connectivity index (χ1n) is 10.0. The minimum atomic E-state index is 0.869. The standard InChI is InChI=1S/C23H42/c1-7-8-9-14-21(4)16-11-18-23(6)19-12-17-22(5)15-10-13-20(2)3/h14,20,22-23H,9-13,15-19H2,1-6H3/b21-14+. The summed E-state index contributed by atoms with van der Waals surface area (Å²) in [5.74, 6) is 8.75. The Morgan fingerprint density at radius 2 is 1.35 bits per heavy atom. The molecule has 0 N–H and O–H groups in total. The van der Waals surface area contributed by atoms with Gasteiger partial charge in [-0.15, -0.1) is 5.92 Å². The lowest BCUT2D eigenvalue weighted by atomic mass is 9.91. The van der Waals surface area contributed by atoms with Gasteiger partial charge >= 0.3 is 0 Å². The molecule has 0 radical (unpaired) electrons. The summed E-state index contributed by atoms with van der Waals surface area (Å²) in [7, 11) is 0. The zero-order chi connectivity index (χ0) is 17.5. The van der Waals surface area contributed by atoms with Crippen LogP contribution in [0.25, 0.3) is 0 Å². The van der Waals surface area contributed by atoms with Crippen LogP contribution in [0.2, 0.25) is 0 Å². The number of hydrogen-bond donors (Lipinski definition) is 0. The van der Waals surface area contributed by atoms with Gasteiger partial charge < -0.3 is 0 Å². The highest BCUT2D eigenvalue weighted by molar-refractivity contribution is 5.07. The Balaban J connectivity index is 3.60. The Bertz CT molecular complexity index is 350. The van der Waals surface area contributed by atoms with Crippen LogP contribution >= 0.6 is 0 Å². The molecule has 0 saturated heterocycles. The van der Waals surface area contributed by atoms with Crippen LogP contribution in [-0.4, -0.2) is 0 Å². The van der Waals surface area contributed by atoms with E-state index in [1.54, 1.807) is 0 Å². The normalized spacial score (nSPS) is 14.5. The third kappa shape index (κ3) is 16.0. The molecule has 0 aromatic heterocycles. The fraction of sp³-hybridized carbons (Fsp3) is 0.826. The molecule has 0 nitrogen and oxygen atoms in total. The van der Waals surface area contributed by atoms with Gasteiger partial charge in [0, 0.05) is 6.42 Å². The van der Waals surface area contributed by atoms with Crippen LogP contribution in [0.4, 0.5) is 0 Å². The van der Waals surface area contributed by atoms with E-state index >= 15 is 0 Å². The van der Waals surface area contributed by atoms with E-state index in [0.29, 0.717) is 0 Å². The van der Waals surface area contributed by atoms with E-state index in [0.717, 1.165) is 24.2 Å². The molecule has 2 atom stereocenters. The molecule has 0 heterocycles. The summed E-state index contributed by atoms with van der Waals surface area (Å²) < 4.78 is 0. The Hall–Kier alpha value is -0.700. The number of allylic oxidation sites excluding steroid dienone is 2. The maximum absolute atomic E-state index is 3.11. The second-order valence-electron chi connectivity index (χ2n) is 8.04. The Morgan fingerprint density at radius 3 is 1.87 bits per heavy atom. The minimum absolute atomic E-state index is 0.869. The van der Waals surface area contributed by atoms with Gasteiger partial charge in [0.05, 0.1) is 0 Å². The maximum atomic E-state index is 3.11. The van der Waals surface area contributed by atoms with Crippen molar-refractivity contribution in [1.29, 1.82) is 0 Å². The van der Waals surface area contributed by atoms with E-state index < -0.39 is 0 Å². The van der Waals surface area contributed by atoms with Gasteiger partial charge in [0.25, 0.3) is 0 Å². The van der Waals surface area contributed by atoms with Crippen LogP contribution in [0.15, 0.2) is 11.6 Å². The predicted molar refractivity (Wildman–Crippen MR) is 107 cm³/mol. The summed E-state index contributed by atoms with van der Waals surface area (Å²) in [6.07, 6.45) is 15.7. The van der Waals surface area contributed by atoms with Crippen molar-refractivity contribution in [2.24, 2.45) is 17.8 Å². The van der Waals surface area contributed by atoms with E-state index in [-0.39, 0.29) is 0 Å². The van der Waals surface area contributed by atoms with Gasteiger partial charge in [-0.1, -0.05) is 90.2 Å². The highest BCUT2D eigenvalue weighted by Crippen LogP contribution is 2.22. The highest BCUT2D eigenvalue weighted by atomic mass is 14.1. The highest BCUT2D eigenvalue weighted by Gasteiger charge is 2.06. The van der Waals surface area contributed by atoms with Crippen LogP contribution in [0.3, 0.4) is 0 Å². The zero-order valence-corrected chi connectivity index (χ0v) is 16.9. The molecule has 0 aliphatic rings. The van der Waals surface area contributed by atoms with Gasteiger partial charge in [0.2, 0.25) is 0 Å². The molecular weight excluding hydrogens is 276 g/mol. The van der Waals surface area contributed by atoms with Crippen molar-refractivity contribution in [3.63, 3.8) is 0 Å².